The molecule has 7 nitrogen and oxygen atoms in total. The second-order valence-electron chi connectivity index (χ2n) is 4.26. The first-order valence-corrected chi connectivity index (χ1v) is 5.75. The van der Waals surface area contributed by atoms with Gasteiger partial charge in [0.1, 0.15) is 0 Å². The van der Waals surface area contributed by atoms with Gasteiger partial charge in [0.05, 0.1) is 31.0 Å². The van der Waals surface area contributed by atoms with Crippen molar-refractivity contribution in [2.75, 3.05) is 25.2 Å². The van der Waals surface area contributed by atoms with Crippen LogP contribution in [0.3, 0.4) is 0 Å². The maximum atomic E-state index is 11.7. The summed E-state index contributed by atoms with van der Waals surface area (Å²) >= 11 is 0. The van der Waals surface area contributed by atoms with E-state index in [2.05, 4.69) is 10.4 Å². The van der Waals surface area contributed by atoms with E-state index in [0.29, 0.717) is 25.4 Å². The fourth-order valence-electron chi connectivity index (χ4n) is 1.76. The zero-order valence-electron chi connectivity index (χ0n) is 10.4. The number of rotatable bonds is 4. The van der Waals surface area contributed by atoms with E-state index in [-0.39, 0.29) is 11.8 Å². The molecule has 1 unspecified atom stereocenters. The first kappa shape index (κ1) is 12.6. The Hall–Kier alpha value is -1.89. The zero-order chi connectivity index (χ0) is 13.1. The van der Waals surface area contributed by atoms with Gasteiger partial charge in [-0.2, -0.15) is 5.10 Å². The van der Waals surface area contributed by atoms with Crippen LogP contribution in [0.1, 0.15) is 6.92 Å². The summed E-state index contributed by atoms with van der Waals surface area (Å²) in [6.45, 7) is 3.34. The third-order valence-electron chi connectivity index (χ3n) is 2.84. The first-order valence-electron chi connectivity index (χ1n) is 5.75. The van der Waals surface area contributed by atoms with Crippen LogP contribution in [-0.2, 0) is 16.1 Å². The predicted molar refractivity (Wildman–Crippen MR) is 64.2 cm³/mol. The molecule has 1 N–H and O–H groups in total. The van der Waals surface area contributed by atoms with Crippen molar-refractivity contribution in [1.82, 2.24) is 15.1 Å². The lowest BCUT2D eigenvalue weighted by atomic mass is 10.1. The highest BCUT2D eigenvalue weighted by Gasteiger charge is 2.30. The van der Waals surface area contributed by atoms with Gasteiger partial charge in [-0.1, -0.05) is 6.92 Å². The van der Waals surface area contributed by atoms with Gasteiger partial charge >= 0.3 is 6.03 Å². The fraction of sp³-hybridized carbons (Fsp3) is 0.545. The number of nitrogens with zero attached hydrogens (tertiary/aromatic N) is 3. The van der Waals surface area contributed by atoms with E-state index >= 15 is 0 Å². The number of urea groups is 1. The fourth-order valence-corrected chi connectivity index (χ4v) is 1.76. The van der Waals surface area contributed by atoms with Crippen molar-refractivity contribution in [2.45, 2.75) is 13.5 Å². The van der Waals surface area contributed by atoms with Crippen LogP contribution in [-0.4, -0.2) is 42.0 Å². The summed E-state index contributed by atoms with van der Waals surface area (Å²) in [4.78, 5) is 24.6. The molecule has 1 aliphatic heterocycles. The van der Waals surface area contributed by atoms with Crippen LogP contribution < -0.4 is 10.2 Å². The van der Waals surface area contributed by atoms with Gasteiger partial charge in [-0.25, -0.2) is 4.79 Å². The molecule has 0 aliphatic carbocycles. The topological polar surface area (TPSA) is 76.5 Å². The summed E-state index contributed by atoms with van der Waals surface area (Å²) in [6.07, 6.45) is 3.37. The number of hydrogen-bond acceptors (Lipinski definition) is 4. The Morgan fingerprint density at radius 1 is 1.56 bits per heavy atom. The summed E-state index contributed by atoms with van der Waals surface area (Å²) in [5.41, 5.74) is 0.683. The van der Waals surface area contributed by atoms with Crippen molar-refractivity contribution < 1.29 is 14.3 Å². The Bertz CT molecular complexity index is 457. The highest BCUT2D eigenvalue weighted by atomic mass is 16.5. The molecule has 0 spiro atoms. The van der Waals surface area contributed by atoms with Crippen LogP contribution in [0.25, 0.3) is 0 Å². The van der Waals surface area contributed by atoms with Gasteiger partial charge in [-0.05, 0) is 0 Å². The quantitative estimate of drug-likeness (QED) is 0.831. The molecule has 98 valence electrons. The number of amides is 3. The molecule has 1 saturated heterocycles. The smallest absolute Gasteiger partial charge is 0.328 e. The molecule has 1 aliphatic rings. The number of carbonyl (C=O) groups excluding carboxylic acids is 2. The molecule has 1 aromatic heterocycles. The molecule has 1 atom stereocenters. The Morgan fingerprint density at radius 3 is 3.06 bits per heavy atom. The van der Waals surface area contributed by atoms with Gasteiger partial charge in [-0.15, -0.1) is 0 Å². The Morgan fingerprint density at radius 2 is 2.33 bits per heavy atom. The monoisotopic (exact) mass is 252 g/mol. The molecule has 0 radical (unpaired) electrons. The Labute approximate surface area is 105 Å². The zero-order valence-corrected chi connectivity index (χ0v) is 10.4. The molecule has 0 bridgehead atoms. The molecule has 0 saturated carbocycles. The molecule has 1 fully saturated rings. The first-order chi connectivity index (χ1) is 8.61. The van der Waals surface area contributed by atoms with E-state index in [9.17, 15) is 9.59 Å². The van der Waals surface area contributed by atoms with Gasteiger partial charge in [0.2, 0.25) is 5.91 Å². The van der Waals surface area contributed by atoms with Crippen LogP contribution in [0.2, 0.25) is 0 Å². The van der Waals surface area contributed by atoms with E-state index < -0.39 is 6.03 Å². The van der Waals surface area contributed by atoms with Crippen molar-refractivity contribution in [1.29, 1.82) is 0 Å². The molecular weight excluding hydrogens is 236 g/mol. The average Bonchev–Trinajstić information content (AvgIpc) is 2.79. The summed E-state index contributed by atoms with van der Waals surface area (Å²) < 4.78 is 6.66. The van der Waals surface area contributed by atoms with E-state index in [0.717, 1.165) is 0 Å². The summed E-state index contributed by atoms with van der Waals surface area (Å²) in [7, 11) is 1.62. The second kappa shape index (κ2) is 5.18. The van der Waals surface area contributed by atoms with Gasteiger partial charge in [0, 0.05) is 19.9 Å². The van der Waals surface area contributed by atoms with Crippen molar-refractivity contribution in [3.63, 3.8) is 0 Å². The van der Waals surface area contributed by atoms with E-state index in [1.54, 1.807) is 31.1 Å². The van der Waals surface area contributed by atoms with E-state index in [1.807, 2.05) is 0 Å². The van der Waals surface area contributed by atoms with Crippen LogP contribution >= 0.6 is 0 Å². The molecule has 0 aromatic carbocycles. The van der Waals surface area contributed by atoms with Crippen LogP contribution in [0.15, 0.2) is 12.4 Å². The number of imide groups is 1. The highest BCUT2D eigenvalue weighted by Crippen LogP contribution is 2.18. The van der Waals surface area contributed by atoms with Gasteiger partial charge in [0.25, 0.3) is 0 Å². The van der Waals surface area contributed by atoms with Crippen molar-refractivity contribution in [2.24, 2.45) is 5.92 Å². The van der Waals surface area contributed by atoms with Crippen molar-refractivity contribution in [3.8, 4) is 0 Å². The number of hydrogen-bond donors (Lipinski definition) is 1. The maximum Gasteiger partial charge on any atom is 0.328 e. The van der Waals surface area contributed by atoms with Crippen LogP contribution in [0.4, 0.5) is 10.5 Å². The number of carbonyl (C=O) groups is 2. The van der Waals surface area contributed by atoms with Gasteiger partial charge < -0.3 is 4.74 Å². The maximum absolute atomic E-state index is 11.7. The number of methoxy groups -OCH3 is 1. The van der Waals surface area contributed by atoms with Crippen molar-refractivity contribution in [3.05, 3.63) is 12.4 Å². The lowest BCUT2D eigenvalue weighted by molar-refractivity contribution is -0.123. The summed E-state index contributed by atoms with van der Waals surface area (Å²) in [5.74, 6) is -0.451. The average molecular weight is 252 g/mol. The predicted octanol–water partition coefficient (Wildman–Crippen LogP) is 0.222. The lowest BCUT2D eigenvalue weighted by Crippen LogP contribution is -2.53. The second-order valence-corrected chi connectivity index (χ2v) is 4.26. The number of anilines is 1. The minimum atomic E-state index is -0.399. The molecule has 2 rings (SSSR count). The van der Waals surface area contributed by atoms with Gasteiger partial charge in [-0.3, -0.25) is 19.7 Å². The molecule has 7 heteroatoms. The molecule has 1 aromatic rings. The SMILES string of the molecule is COCCn1cc(N2CC(C)C(=O)NC2=O)cn1. The van der Waals surface area contributed by atoms with E-state index in [4.69, 9.17) is 4.74 Å². The van der Waals surface area contributed by atoms with Crippen molar-refractivity contribution >= 4 is 17.6 Å². The summed E-state index contributed by atoms with van der Waals surface area (Å²) in [5, 5.41) is 6.45. The number of nitrogens with one attached hydrogen (secondary N) is 1. The number of ether oxygens (including phenoxy) is 1. The Balaban J connectivity index is 2.08. The largest absolute Gasteiger partial charge is 0.383 e. The lowest BCUT2D eigenvalue weighted by Gasteiger charge is -2.29. The molecule has 2 heterocycles. The minimum Gasteiger partial charge on any atom is -0.383 e. The number of aromatic nitrogens is 2. The summed E-state index contributed by atoms with van der Waals surface area (Å²) in [6, 6.07) is -0.399. The third kappa shape index (κ3) is 2.51. The molecular formula is C11H16N4O3. The third-order valence-corrected chi connectivity index (χ3v) is 2.84. The minimum absolute atomic E-state index is 0.218. The molecule has 18 heavy (non-hydrogen) atoms. The van der Waals surface area contributed by atoms with Gasteiger partial charge in [0.15, 0.2) is 0 Å². The van der Waals surface area contributed by atoms with E-state index in [1.165, 1.54) is 4.90 Å². The van der Waals surface area contributed by atoms with Crippen LogP contribution in [0.5, 0.6) is 0 Å². The standard InChI is InChI=1S/C11H16N4O3/c1-8-6-15(11(17)13-10(8)16)9-5-12-14(7-9)3-4-18-2/h5,7-8H,3-4,6H2,1-2H3,(H,13,16,17). The Kier molecular flexibility index (Phi) is 3.61. The normalized spacial score (nSPS) is 20.1. The van der Waals surface area contributed by atoms with Crippen LogP contribution in [0, 0.1) is 5.92 Å². The highest BCUT2D eigenvalue weighted by molar-refractivity contribution is 6.06. The molecule has 3 amide bonds.